The van der Waals surface area contributed by atoms with Crippen molar-refractivity contribution in [1.29, 1.82) is 0 Å². The summed E-state index contributed by atoms with van der Waals surface area (Å²) >= 11 is 0. The Morgan fingerprint density at radius 3 is 2.74 bits per heavy atom. The van der Waals surface area contributed by atoms with Gasteiger partial charge in [0.25, 0.3) is 5.91 Å². The fourth-order valence-corrected chi connectivity index (χ4v) is 3.57. The molecule has 0 aromatic carbocycles. The van der Waals surface area contributed by atoms with E-state index in [-0.39, 0.29) is 18.1 Å². The second kappa shape index (κ2) is 9.99. The van der Waals surface area contributed by atoms with Crippen LogP contribution < -0.4 is 4.90 Å². The van der Waals surface area contributed by atoms with Crippen molar-refractivity contribution in [2.75, 3.05) is 39.3 Å². The first-order valence-corrected chi connectivity index (χ1v) is 9.73. The van der Waals surface area contributed by atoms with Gasteiger partial charge in [0.2, 0.25) is 0 Å². The van der Waals surface area contributed by atoms with Gasteiger partial charge >= 0.3 is 0 Å². The predicted octanol–water partition coefficient (Wildman–Crippen LogP) is 2.42. The molecule has 1 aromatic rings. The van der Waals surface area contributed by atoms with Crippen LogP contribution in [0.2, 0.25) is 0 Å². The third-order valence-corrected chi connectivity index (χ3v) is 5.02. The van der Waals surface area contributed by atoms with Crippen molar-refractivity contribution in [3.63, 3.8) is 0 Å². The summed E-state index contributed by atoms with van der Waals surface area (Å²) in [6.07, 6.45) is 2.40. The largest absolute Gasteiger partial charge is 0.377 e. The fourth-order valence-electron chi connectivity index (χ4n) is 3.57. The zero-order valence-corrected chi connectivity index (χ0v) is 17.6. The van der Waals surface area contributed by atoms with Gasteiger partial charge in [-0.1, -0.05) is 13.8 Å². The number of amides is 1. The molecule has 2 unspecified atom stereocenters. The maximum atomic E-state index is 12.9. The molecule has 2 rings (SSSR count). The maximum absolute atomic E-state index is 12.9. The summed E-state index contributed by atoms with van der Waals surface area (Å²) in [6.45, 7) is 8.06. The van der Waals surface area contributed by atoms with E-state index in [1.807, 2.05) is 24.9 Å². The van der Waals surface area contributed by atoms with Crippen molar-refractivity contribution in [2.24, 2.45) is 5.92 Å². The zero-order valence-electron chi connectivity index (χ0n) is 17.6. The Kier molecular flexibility index (Phi) is 7.98. The Bertz CT molecular complexity index is 623. The highest BCUT2D eigenvalue weighted by molar-refractivity contribution is 5.81. The van der Waals surface area contributed by atoms with Gasteiger partial charge in [0.15, 0.2) is 5.82 Å². The number of methoxy groups -OCH3 is 2. The van der Waals surface area contributed by atoms with Gasteiger partial charge in [-0.05, 0) is 32.1 Å². The van der Waals surface area contributed by atoms with Crippen LogP contribution in [-0.2, 0) is 20.9 Å². The molecule has 152 valence electrons. The average molecular weight is 379 g/mol. The lowest BCUT2D eigenvalue weighted by Crippen LogP contribution is -2.52. The van der Waals surface area contributed by atoms with Crippen molar-refractivity contribution in [3.05, 3.63) is 17.6 Å². The number of likely N-dealkylation sites (tertiary alicyclic amines) is 1. The van der Waals surface area contributed by atoms with E-state index in [1.54, 1.807) is 14.2 Å². The molecule has 27 heavy (non-hydrogen) atoms. The molecule has 7 heteroatoms. The molecule has 1 amide bonds. The number of carbonyl (C=O) groups is 1. The summed E-state index contributed by atoms with van der Waals surface area (Å²) in [4.78, 5) is 26.1. The Labute approximate surface area is 163 Å². The number of aryl methyl sites for hydroxylation is 1. The smallest absolute Gasteiger partial charge is 0.251 e. The number of carbonyl (C=O) groups excluding carboxylic acids is 1. The van der Waals surface area contributed by atoms with Gasteiger partial charge < -0.3 is 19.3 Å². The number of piperidine rings is 1. The minimum Gasteiger partial charge on any atom is -0.377 e. The summed E-state index contributed by atoms with van der Waals surface area (Å²) in [7, 11) is 5.31. The standard InChI is InChI=1S/C20H34N4O3/c1-14(2)10-17(27-6)20(25)24-9-7-8-16(12-24)23(4)19-11-15(3)21-18(22-19)13-26-5/h11,14,16-17H,7-10,12-13H2,1-6H3. The van der Waals surface area contributed by atoms with E-state index in [1.165, 1.54) is 0 Å². The molecule has 2 heterocycles. The Morgan fingerprint density at radius 1 is 1.37 bits per heavy atom. The molecule has 0 bridgehead atoms. The lowest BCUT2D eigenvalue weighted by atomic mass is 10.0. The van der Waals surface area contributed by atoms with Gasteiger partial charge in [-0.15, -0.1) is 0 Å². The molecule has 7 nitrogen and oxygen atoms in total. The van der Waals surface area contributed by atoms with Crippen LogP contribution >= 0.6 is 0 Å². The predicted molar refractivity (Wildman–Crippen MR) is 106 cm³/mol. The Morgan fingerprint density at radius 2 is 2.11 bits per heavy atom. The van der Waals surface area contributed by atoms with Gasteiger partial charge in [-0.25, -0.2) is 9.97 Å². The van der Waals surface area contributed by atoms with Crippen LogP contribution in [0.5, 0.6) is 0 Å². The molecule has 0 aliphatic carbocycles. The van der Waals surface area contributed by atoms with E-state index in [0.717, 1.165) is 37.3 Å². The van der Waals surface area contributed by atoms with Crippen LogP contribution in [0.4, 0.5) is 5.82 Å². The van der Waals surface area contributed by atoms with E-state index < -0.39 is 0 Å². The van der Waals surface area contributed by atoms with Crippen molar-refractivity contribution in [1.82, 2.24) is 14.9 Å². The molecule has 1 aromatic heterocycles. The number of anilines is 1. The first-order valence-electron chi connectivity index (χ1n) is 9.73. The second-order valence-electron chi connectivity index (χ2n) is 7.76. The van der Waals surface area contributed by atoms with E-state index in [4.69, 9.17) is 9.47 Å². The number of ether oxygens (including phenoxy) is 2. The van der Waals surface area contributed by atoms with Crippen LogP contribution in [0.15, 0.2) is 6.07 Å². The summed E-state index contributed by atoms with van der Waals surface area (Å²) < 4.78 is 10.6. The van der Waals surface area contributed by atoms with E-state index in [0.29, 0.717) is 24.9 Å². The molecular weight excluding hydrogens is 344 g/mol. The van der Waals surface area contributed by atoms with Crippen molar-refractivity contribution < 1.29 is 14.3 Å². The first-order chi connectivity index (χ1) is 12.8. The molecule has 1 fully saturated rings. The van der Waals surface area contributed by atoms with Gasteiger partial charge in [0.1, 0.15) is 18.5 Å². The van der Waals surface area contributed by atoms with Crippen molar-refractivity contribution in [2.45, 2.75) is 58.8 Å². The molecule has 2 atom stereocenters. The minimum absolute atomic E-state index is 0.100. The molecule has 0 N–H and O–H groups in total. The number of hydrogen-bond acceptors (Lipinski definition) is 6. The second-order valence-corrected chi connectivity index (χ2v) is 7.76. The van der Waals surface area contributed by atoms with Gasteiger partial charge in [0.05, 0.1) is 0 Å². The number of nitrogens with zero attached hydrogens (tertiary/aromatic N) is 4. The monoisotopic (exact) mass is 378 g/mol. The normalized spacial score (nSPS) is 18.6. The van der Waals surface area contributed by atoms with E-state index in [2.05, 4.69) is 28.7 Å². The summed E-state index contributed by atoms with van der Waals surface area (Å²) in [6, 6.07) is 2.21. The van der Waals surface area contributed by atoms with Crippen LogP contribution in [0, 0.1) is 12.8 Å². The SMILES string of the molecule is COCc1nc(C)cc(N(C)C2CCCN(C(=O)C(CC(C)C)OC)C2)n1. The van der Waals surface area contributed by atoms with Crippen LogP contribution in [0.3, 0.4) is 0 Å². The molecule has 0 spiro atoms. The molecule has 1 aliphatic rings. The van der Waals surface area contributed by atoms with Gasteiger partial charge in [-0.3, -0.25) is 4.79 Å². The molecule has 0 radical (unpaired) electrons. The number of likely N-dealkylation sites (N-methyl/N-ethyl adjacent to an activating group) is 1. The maximum Gasteiger partial charge on any atom is 0.251 e. The molecule has 0 saturated carbocycles. The van der Waals surface area contributed by atoms with E-state index in [9.17, 15) is 4.79 Å². The molecular formula is C20H34N4O3. The molecule has 1 saturated heterocycles. The van der Waals surface area contributed by atoms with Gasteiger partial charge in [0, 0.05) is 52.2 Å². The lowest BCUT2D eigenvalue weighted by Gasteiger charge is -2.39. The van der Waals surface area contributed by atoms with Gasteiger partial charge in [-0.2, -0.15) is 0 Å². The fraction of sp³-hybridized carbons (Fsp3) is 0.750. The highest BCUT2D eigenvalue weighted by Crippen LogP contribution is 2.22. The Hall–Kier alpha value is -1.73. The van der Waals surface area contributed by atoms with E-state index >= 15 is 0 Å². The third kappa shape index (κ3) is 5.87. The van der Waals surface area contributed by atoms with Crippen LogP contribution in [0.1, 0.15) is 44.6 Å². The third-order valence-electron chi connectivity index (χ3n) is 5.02. The van der Waals surface area contributed by atoms with Crippen molar-refractivity contribution >= 4 is 11.7 Å². The minimum atomic E-state index is -0.358. The zero-order chi connectivity index (χ0) is 20.0. The van der Waals surface area contributed by atoms with Crippen LogP contribution in [-0.4, -0.2) is 67.3 Å². The van der Waals surface area contributed by atoms with Crippen LogP contribution in [0.25, 0.3) is 0 Å². The number of hydrogen-bond donors (Lipinski definition) is 0. The quantitative estimate of drug-likeness (QED) is 0.692. The summed E-state index contributed by atoms with van der Waals surface area (Å²) in [5.41, 5.74) is 0.916. The highest BCUT2D eigenvalue weighted by atomic mass is 16.5. The highest BCUT2D eigenvalue weighted by Gasteiger charge is 2.31. The summed E-state index contributed by atoms with van der Waals surface area (Å²) in [5.74, 6) is 2.08. The summed E-state index contributed by atoms with van der Waals surface area (Å²) in [5, 5.41) is 0. The first kappa shape index (κ1) is 21.6. The number of rotatable bonds is 8. The molecule has 1 aliphatic heterocycles. The lowest BCUT2D eigenvalue weighted by molar-refractivity contribution is -0.144. The number of aromatic nitrogens is 2. The topological polar surface area (TPSA) is 67.8 Å². The Balaban J connectivity index is 2.09. The van der Waals surface area contributed by atoms with Crippen molar-refractivity contribution in [3.8, 4) is 0 Å². The average Bonchev–Trinajstić information content (AvgIpc) is 2.64.